The van der Waals surface area contributed by atoms with Crippen LogP contribution in [0.2, 0.25) is 0 Å². The van der Waals surface area contributed by atoms with Crippen molar-refractivity contribution in [2.75, 3.05) is 11.9 Å². The topological polar surface area (TPSA) is 78.4 Å². The Morgan fingerprint density at radius 2 is 1.88 bits per heavy atom. The zero-order chi connectivity index (χ0) is 17.7. The second kappa shape index (κ2) is 7.18. The van der Waals surface area contributed by atoms with Gasteiger partial charge in [0.25, 0.3) is 5.91 Å². The van der Waals surface area contributed by atoms with Gasteiger partial charge in [0.15, 0.2) is 0 Å². The molecule has 0 bridgehead atoms. The Labute approximate surface area is 137 Å². The van der Waals surface area contributed by atoms with E-state index in [-0.39, 0.29) is 12.1 Å². The van der Waals surface area contributed by atoms with Crippen molar-refractivity contribution in [3.05, 3.63) is 65.2 Å². The normalized spacial score (nSPS) is 13.0. The molecule has 2 amide bonds. The smallest absolute Gasteiger partial charge is 0.251 e. The van der Waals surface area contributed by atoms with E-state index in [0.29, 0.717) is 23.7 Å². The number of amides is 2. The molecule has 0 fully saturated rings. The van der Waals surface area contributed by atoms with E-state index >= 15 is 0 Å². The third kappa shape index (κ3) is 4.14. The monoisotopic (exact) mass is 334 g/mol. The van der Waals surface area contributed by atoms with E-state index < -0.39 is 23.1 Å². The molecule has 0 aliphatic heterocycles. The van der Waals surface area contributed by atoms with Gasteiger partial charge in [0, 0.05) is 22.9 Å². The number of aliphatic hydroxyl groups is 1. The number of benzene rings is 2. The highest BCUT2D eigenvalue weighted by Crippen LogP contribution is 2.23. The van der Waals surface area contributed by atoms with Crippen molar-refractivity contribution in [3.8, 4) is 0 Å². The first kappa shape index (κ1) is 17.6. The lowest BCUT2D eigenvalue weighted by Gasteiger charge is -2.24. The van der Waals surface area contributed by atoms with E-state index in [2.05, 4.69) is 10.6 Å². The van der Waals surface area contributed by atoms with Gasteiger partial charge in [0.05, 0.1) is 6.54 Å². The van der Waals surface area contributed by atoms with E-state index in [4.69, 9.17) is 0 Å². The Bertz CT molecular complexity index is 746. The lowest BCUT2D eigenvalue weighted by atomic mass is 9.95. The van der Waals surface area contributed by atoms with Crippen molar-refractivity contribution in [3.63, 3.8) is 0 Å². The Morgan fingerprint density at radius 3 is 2.46 bits per heavy atom. The average Bonchev–Trinajstić information content (AvgIpc) is 2.53. The van der Waals surface area contributed by atoms with Crippen molar-refractivity contribution in [2.45, 2.75) is 12.5 Å². The summed E-state index contributed by atoms with van der Waals surface area (Å²) in [6, 6.07) is 8.92. The molecule has 0 radical (unpaired) electrons. The zero-order valence-electron chi connectivity index (χ0n) is 12.8. The Balaban J connectivity index is 2.05. The van der Waals surface area contributed by atoms with Gasteiger partial charge in [-0.1, -0.05) is 6.07 Å². The van der Waals surface area contributed by atoms with Gasteiger partial charge >= 0.3 is 0 Å². The quantitative estimate of drug-likeness (QED) is 0.709. The third-order valence-corrected chi connectivity index (χ3v) is 3.48. The highest BCUT2D eigenvalue weighted by atomic mass is 19.1. The number of anilines is 1. The summed E-state index contributed by atoms with van der Waals surface area (Å²) in [7, 11) is 0. The predicted molar refractivity (Wildman–Crippen MR) is 84.4 cm³/mol. The molecule has 2 rings (SSSR count). The number of carbonyl (C=O) groups excluding carboxylic acids is 2. The Kier molecular flexibility index (Phi) is 5.25. The summed E-state index contributed by atoms with van der Waals surface area (Å²) in [5.41, 5.74) is -0.981. The van der Waals surface area contributed by atoms with E-state index in [1.165, 1.54) is 19.1 Å². The van der Waals surface area contributed by atoms with Gasteiger partial charge in [-0.05, 0) is 37.3 Å². The summed E-state index contributed by atoms with van der Waals surface area (Å²) in [6.07, 6.45) is 0.517. The van der Waals surface area contributed by atoms with Crippen LogP contribution in [0.25, 0.3) is 0 Å². The van der Waals surface area contributed by atoms with Crippen LogP contribution >= 0.6 is 0 Å². The van der Waals surface area contributed by atoms with Crippen molar-refractivity contribution >= 4 is 18.0 Å². The Morgan fingerprint density at radius 1 is 1.21 bits per heavy atom. The molecule has 0 aliphatic carbocycles. The molecule has 2 aromatic carbocycles. The minimum Gasteiger partial charge on any atom is -0.383 e. The summed E-state index contributed by atoms with van der Waals surface area (Å²) >= 11 is 0. The summed E-state index contributed by atoms with van der Waals surface area (Å²) in [4.78, 5) is 22.4. The molecule has 5 nitrogen and oxygen atoms in total. The van der Waals surface area contributed by atoms with Crippen LogP contribution in [0.4, 0.5) is 14.5 Å². The first-order chi connectivity index (χ1) is 11.3. The first-order valence-electron chi connectivity index (χ1n) is 7.10. The maximum atomic E-state index is 13.8. The van der Waals surface area contributed by atoms with Gasteiger partial charge in [-0.2, -0.15) is 0 Å². The zero-order valence-corrected chi connectivity index (χ0v) is 12.8. The van der Waals surface area contributed by atoms with Crippen LogP contribution in [0, 0.1) is 11.6 Å². The molecule has 126 valence electrons. The number of hydrogen-bond acceptors (Lipinski definition) is 3. The van der Waals surface area contributed by atoms with Gasteiger partial charge in [0.1, 0.15) is 17.2 Å². The first-order valence-corrected chi connectivity index (χ1v) is 7.10. The molecule has 0 saturated carbocycles. The predicted octanol–water partition coefficient (Wildman–Crippen LogP) is 2.17. The molecule has 2 aromatic rings. The van der Waals surface area contributed by atoms with E-state index in [1.807, 2.05) is 0 Å². The number of nitrogens with one attached hydrogen (secondary N) is 2. The second-order valence-corrected chi connectivity index (χ2v) is 5.42. The average molecular weight is 334 g/mol. The van der Waals surface area contributed by atoms with Crippen LogP contribution in [0.5, 0.6) is 0 Å². The molecule has 0 aromatic heterocycles. The summed E-state index contributed by atoms with van der Waals surface area (Å²) in [5.74, 6) is -2.12. The van der Waals surface area contributed by atoms with Gasteiger partial charge in [-0.3, -0.25) is 9.59 Å². The fourth-order valence-electron chi connectivity index (χ4n) is 2.16. The Hall–Kier alpha value is -2.80. The molecule has 0 heterocycles. The molecule has 7 heteroatoms. The minimum absolute atomic E-state index is 0.116. The van der Waals surface area contributed by atoms with Gasteiger partial charge in [0.2, 0.25) is 6.41 Å². The second-order valence-electron chi connectivity index (χ2n) is 5.42. The molecule has 0 aliphatic rings. The highest BCUT2D eigenvalue weighted by molar-refractivity contribution is 5.94. The van der Waals surface area contributed by atoms with E-state index in [0.717, 1.165) is 12.1 Å². The van der Waals surface area contributed by atoms with Crippen LogP contribution in [0.3, 0.4) is 0 Å². The largest absolute Gasteiger partial charge is 0.383 e. The number of rotatable bonds is 6. The molecule has 1 atom stereocenters. The fourth-order valence-corrected chi connectivity index (χ4v) is 2.16. The summed E-state index contributed by atoms with van der Waals surface area (Å²) in [6.45, 7) is 1.06. The van der Waals surface area contributed by atoms with Crippen LogP contribution in [0.1, 0.15) is 22.8 Å². The number of halogens is 2. The lowest BCUT2D eigenvalue weighted by Crippen LogP contribution is -2.39. The summed E-state index contributed by atoms with van der Waals surface area (Å²) in [5, 5.41) is 15.3. The van der Waals surface area contributed by atoms with Crippen LogP contribution in [-0.4, -0.2) is 24.0 Å². The molecular formula is C17H16F2N2O3. The maximum Gasteiger partial charge on any atom is 0.251 e. The van der Waals surface area contributed by atoms with Crippen molar-refractivity contribution in [1.82, 2.24) is 5.32 Å². The molecule has 24 heavy (non-hydrogen) atoms. The molecule has 0 spiro atoms. The van der Waals surface area contributed by atoms with Crippen LogP contribution < -0.4 is 10.6 Å². The third-order valence-electron chi connectivity index (χ3n) is 3.48. The van der Waals surface area contributed by atoms with Crippen molar-refractivity contribution < 1.29 is 23.5 Å². The SMILES string of the molecule is CC(O)(CNC(=O)c1ccc(NC=O)cc1)c1ccc(F)cc1F. The van der Waals surface area contributed by atoms with Crippen molar-refractivity contribution in [1.29, 1.82) is 0 Å². The van der Waals surface area contributed by atoms with Gasteiger partial charge in [-0.25, -0.2) is 8.78 Å². The highest BCUT2D eigenvalue weighted by Gasteiger charge is 2.27. The number of carbonyl (C=O) groups is 2. The van der Waals surface area contributed by atoms with Crippen molar-refractivity contribution in [2.24, 2.45) is 0 Å². The molecule has 1 unspecified atom stereocenters. The molecule has 3 N–H and O–H groups in total. The standard InChI is InChI=1S/C17H16F2N2O3/c1-17(24,14-7-4-12(18)8-15(14)19)9-20-16(23)11-2-5-13(6-3-11)21-10-22/h2-8,10,24H,9H2,1H3,(H,20,23)(H,21,22). The van der Waals surface area contributed by atoms with Gasteiger partial charge < -0.3 is 15.7 Å². The van der Waals surface area contributed by atoms with E-state index in [1.54, 1.807) is 12.1 Å². The number of hydrogen-bond donors (Lipinski definition) is 3. The minimum atomic E-state index is -1.70. The molecular weight excluding hydrogens is 318 g/mol. The fraction of sp³-hybridized carbons (Fsp3) is 0.176. The van der Waals surface area contributed by atoms with Crippen LogP contribution in [-0.2, 0) is 10.4 Å². The maximum absolute atomic E-state index is 13.8. The van der Waals surface area contributed by atoms with E-state index in [9.17, 15) is 23.5 Å². The van der Waals surface area contributed by atoms with Gasteiger partial charge in [-0.15, -0.1) is 0 Å². The summed E-state index contributed by atoms with van der Waals surface area (Å²) < 4.78 is 26.7. The van der Waals surface area contributed by atoms with Crippen LogP contribution in [0.15, 0.2) is 42.5 Å². The lowest BCUT2D eigenvalue weighted by molar-refractivity contribution is -0.105. The molecule has 0 saturated heterocycles.